The van der Waals surface area contributed by atoms with E-state index in [1.807, 2.05) is 0 Å². The molecule has 3 rings (SSSR count). The minimum Gasteiger partial charge on any atom is -0.469 e. The van der Waals surface area contributed by atoms with Crippen molar-refractivity contribution in [3.63, 3.8) is 0 Å². The fourth-order valence-corrected chi connectivity index (χ4v) is 3.41. The molecule has 0 saturated heterocycles. The van der Waals surface area contributed by atoms with Gasteiger partial charge < -0.3 is 14.5 Å². The van der Waals surface area contributed by atoms with Crippen molar-refractivity contribution < 1.29 is 18.9 Å². The minimum atomic E-state index is -0.459. The van der Waals surface area contributed by atoms with Crippen LogP contribution < -0.4 is 5.32 Å². The van der Waals surface area contributed by atoms with E-state index in [-0.39, 0.29) is 17.2 Å². The summed E-state index contributed by atoms with van der Waals surface area (Å²) in [6.07, 6.45) is 5.39. The summed E-state index contributed by atoms with van der Waals surface area (Å²) in [4.78, 5) is 26.5. The summed E-state index contributed by atoms with van der Waals surface area (Å²) in [5.41, 5.74) is 0.636. The van der Waals surface area contributed by atoms with Gasteiger partial charge in [-0.2, -0.15) is 0 Å². The Labute approximate surface area is 144 Å². The van der Waals surface area contributed by atoms with Gasteiger partial charge in [0.15, 0.2) is 5.58 Å². The van der Waals surface area contributed by atoms with Gasteiger partial charge in [0.05, 0.1) is 25.0 Å². The molecule has 0 atom stereocenters. The first-order valence-electron chi connectivity index (χ1n) is 8.37. The Morgan fingerprint density at radius 1 is 1.40 bits per heavy atom. The molecular weight excluding hydrogens is 326 g/mol. The molecule has 1 aliphatic carbocycles. The lowest BCUT2D eigenvalue weighted by Gasteiger charge is -2.37. The van der Waals surface area contributed by atoms with Gasteiger partial charge >= 0.3 is 5.97 Å². The summed E-state index contributed by atoms with van der Waals surface area (Å²) in [5, 5.41) is 14.3. The largest absolute Gasteiger partial charge is 0.469 e. The molecule has 1 aromatic carbocycles. The zero-order valence-corrected chi connectivity index (χ0v) is 14.1. The van der Waals surface area contributed by atoms with Crippen LogP contribution >= 0.6 is 0 Å². The SMILES string of the molecule is COC(=O)CC1(NCc2nc3cc([N+](=O)[O-])ccc3o2)CCCCC1. The van der Waals surface area contributed by atoms with Gasteiger partial charge in [-0.05, 0) is 18.9 Å². The summed E-state index contributed by atoms with van der Waals surface area (Å²) in [6.45, 7) is 0.361. The third kappa shape index (κ3) is 3.96. The quantitative estimate of drug-likeness (QED) is 0.486. The first-order valence-corrected chi connectivity index (χ1v) is 8.37. The van der Waals surface area contributed by atoms with Crippen LogP contribution in [-0.2, 0) is 16.1 Å². The Morgan fingerprint density at radius 3 is 2.84 bits per heavy atom. The lowest BCUT2D eigenvalue weighted by atomic mass is 9.79. The van der Waals surface area contributed by atoms with E-state index >= 15 is 0 Å². The molecule has 8 heteroatoms. The number of non-ortho nitro benzene ring substituents is 1. The molecule has 0 unspecified atom stereocenters. The van der Waals surface area contributed by atoms with Crippen LogP contribution in [0.5, 0.6) is 0 Å². The van der Waals surface area contributed by atoms with Gasteiger partial charge in [0, 0.05) is 17.7 Å². The summed E-state index contributed by atoms with van der Waals surface area (Å²) in [7, 11) is 1.40. The van der Waals surface area contributed by atoms with E-state index in [1.54, 1.807) is 6.07 Å². The third-order valence-corrected chi connectivity index (χ3v) is 4.76. The highest BCUT2D eigenvalue weighted by atomic mass is 16.6. The molecule has 1 aliphatic rings. The zero-order valence-electron chi connectivity index (χ0n) is 14.1. The number of nitro benzene ring substituents is 1. The molecule has 0 spiro atoms. The van der Waals surface area contributed by atoms with Gasteiger partial charge in [-0.1, -0.05) is 19.3 Å². The number of nitro groups is 1. The summed E-state index contributed by atoms with van der Waals surface area (Å²) < 4.78 is 10.5. The number of carbonyl (C=O) groups excluding carboxylic acids is 1. The number of fused-ring (bicyclic) bond motifs is 1. The maximum atomic E-state index is 11.8. The van der Waals surface area contributed by atoms with E-state index in [0.717, 1.165) is 32.1 Å². The topological polar surface area (TPSA) is 108 Å². The number of carbonyl (C=O) groups is 1. The monoisotopic (exact) mass is 347 g/mol. The maximum Gasteiger partial charge on any atom is 0.307 e. The second-order valence-corrected chi connectivity index (χ2v) is 6.46. The number of esters is 1. The fourth-order valence-electron chi connectivity index (χ4n) is 3.41. The Kier molecular flexibility index (Phi) is 4.98. The Bertz CT molecular complexity index is 780. The van der Waals surface area contributed by atoms with E-state index < -0.39 is 4.92 Å². The Balaban J connectivity index is 1.74. The molecule has 0 bridgehead atoms. The van der Waals surface area contributed by atoms with Crippen molar-refractivity contribution in [2.24, 2.45) is 0 Å². The van der Waals surface area contributed by atoms with Crippen LogP contribution in [0.1, 0.15) is 44.4 Å². The Hall–Kier alpha value is -2.48. The van der Waals surface area contributed by atoms with Gasteiger partial charge in [0.25, 0.3) is 5.69 Å². The average Bonchev–Trinajstić information content (AvgIpc) is 3.03. The number of aromatic nitrogens is 1. The second kappa shape index (κ2) is 7.18. The van der Waals surface area contributed by atoms with Crippen LogP contribution in [0.15, 0.2) is 22.6 Å². The second-order valence-electron chi connectivity index (χ2n) is 6.46. The van der Waals surface area contributed by atoms with Crippen molar-refractivity contribution in [1.82, 2.24) is 10.3 Å². The molecule has 0 radical (unpaired) electrons. The molecule has 1 heterocycles. The number of rotatable bonds is 6. The smallest absolute Gasteiger partial charge is 0.307 e. The lowest BCUT2D eigenvalue weighted by Crippen LogP contribution is -2.48. The molecule has 8 nitrogen and oxygen atoms in total. The number of methoxy groups -OCH3 is 1. The fraction of sp³-hybridized carbons (Fsp3) is 0.529. The van der Waals surface area contributed by atoms with Crippen LogP contribution in [-0.4, -0.2) is 28.5 Å². The van der Waals surface area contributed by atoms with Gasteiger partial charge in [-0.15, -0.1) is 0 Å². The summed E-state index contributed by atoms with van der Waals surface area (Å²) in [6, 6.07) is 4.34. The van der Waals surface area contributed by atoms with Crippen LogP contribution in [0.4, 0.5) is 5.69 Å². The third-order valence-electron chi connectivity index (χ3n) is 4.76. The average molecular weight is 347 g/mol. The standard InChI is InChI=1S/C17H21N3O5/c1-24-16(21)10-17(7-3-2-4-8-17)18-11-15-19-13-9-12(20(22)23)5-6-14(13)25-15/h5-6,9,18H,2-4,7-8,10-11H2,1H3. The summed E-state index contributed by atoms with van der Waals surface area (Å²) in [5.74, 6) is 0.216. The van der Waals surface area contributed by atoms with Gasteiger partial charge in [0.1, 0.15) is 5.52 Å². The van der Waals surface area contributed by atoms with Crippen LogP contribution in [0.25, 0.3) is 11.1 Å². The normalized spacial score (nSPS) is 16.7. The van der Waals surface area contributed by atoms with Crippen molar-refractivity contribution in [2.75, 3.05) is 7.11 Å². The molecule has 1 N–H and O–H groups in total. The molecular formula is C17H21N3O5. The van der Waals surface area contributed by atoms with Gasteiger partial charge in [0.2, 0.25) is 5.89 Å². The Morgan fingerprint density at radius 2 is 2.16 bits per heavy atom. The first-order chi connectivity index (χ1) is 12.0. The number of oxazole rings is 1. The highest BCUT2D eigenvalue weighted by Crippen LogP contribution is 2.32. The van der Waals surface area contributed by atoms with Gasteiger partial charge in [-0.3, -0.25) is 14.9 Å². The van der Waals surface area contributed by atoms with E-state index in [9.17, 15) is 14.9 Å². The molecule has 2 aromatic rings. The molecule has 134 valence electrons. The highest BCUT2D eigenvalue weighted by Gasteiger charge is 2.34. The number of hydrogen-bond acceptors (Lipinski definition) is 7. The predicted octanol–water partition coefficient (Wildman–Crippen LogP) is 3.09. The zero-order chi connectivity index (χ0) is 17.9. The number of nitrogens with one attached hydrogen (secondary N) is 1. The van der Waals surface area contributed by atoms with E-state index in [2.05, 4.69) is 10.3 Å². The molecule has 25 heavy (non-hydrogen) atoms. The van der Waals surface area contributed by atoms with Crippen LogP contribution in [0.2, 0.25) is 0 Å². The molecule has 1 aromatic heterocycles. The van der Waals surface area contributed by atoms with Crippen molar-refractivity contribution in [1.29, 1.82) is 0 Å². The number of hydrogen-bond donors (Lipinski definition) is 1. The van der Waals surface area contributed by atoms with Gasteiger partial charge in [-0.25, -0.2) is 4.98 Å². The van der Waals surface area contributed by atoms with E-state index in [1.165, 1.54) is 19.2 Å². The van der Waals surface area contributed by atoms with Crippen molar-refractivity contribution in [3.05, 3.63) is 34.2 Å². The first kappa shape index (κ1) is 17.3. The molecule has 1 saturated carbocycles. The van der Waals surface area contributed by atoms with Crippen molar-refractivity contribution in [3.8, 4) is 0 Å². The lowest BCUT2D eigenvalue weighted by molar-refractivity contribution is -0.384. The van der Waals surface area contributed by atoms with Crippen LogP contribution in [0.3, 0.4) is 0 Å². The summed E-state index contributed by atoms with van der Waals surface area (Å²) >= 11 is 0. The van der Waals surface area contributed by atoms with Crippen molar-refractivity contribution >= 4 is 22.8 Å². The predicted molar refractivity (Wildman–Crippen MR) is 90.0 cm³/mol. The molecule has 0 aliphatic heterocycles. The minimum absolute atomic E-state index is 0.0187. The molecule has 0 amide bonds. The van der Waals surface area contributed by atoms with E-state index in [0.29, 0.717) is 30.0 Å². The number of nitrogens with zero attached hydrogens (tertiary/aromatic N) is 2. The van der Waals surface area contributed by atoms with Crippen molar-refractivity contribution in [2.45, 2.75) is 50.6 Å². The highest BCUT2D eigenvalue weighted by molar-refractivity contribution is 5.75. The number of ether oxygens (including phenoxy) is 1. The van der Waals surface area contributed by atoms with Crippen LogP contribution in [0, 0.1) is 10.1 Å². The maximum absolute atomic E-state index is 11.8. The number of benzene rings is 1. The van der Waals surface area contributed by atoms with E-state index in [4.69, 9.17) is 9.15 Å². The molecule has 1 fully saturated rings.